The quantitative estimate of drug-likeness (QED) is 0.518. The van der Waals surface area contributed by atoms with Crippen LogP contribution in [0.4, 0.5) is 18.3 Å². The maximum atomic E-state index is 12.6. The van der Waals surface area contributed by atoms with Crippen LogP contribution in [-0.2, 0) is 22.2 Å². The average Bonchev–Trinajstić information content (AvgIpc) is 3.26. The molecule has 1 saturated heterocycles. The van der Waals surface area contributed by atoms with E-state index >= 15 is 0 Å². The van der Waals surface area contributed by atoms with Gasteiger partial charge in [0.05, 0.1) is 6.04 Å². The van der Waals surface area contributed by atoms with Crippen molar-refractivity contribution in [1.82, 2.24) is 20.8 Å². The fourth-order valence-corrected chi connectivity index (χ4v) is 3.89. The minimum absolute atomic E-state index is 0.133. The van der Waals surface area contributed by atoms with Gasteiger partial charge in [0, 0.05) is 12.1 Å². The fourth-order valence-electron chi connectivity index (χ4n) is 3.28. The van der Waals surface area contributed by atoms with Crippen LogP contribution in [0.15, 0.2) is 42.5 Å². The zero-order valence-electron chi connectivity index (χ0n) is 17.2. The lowest BCUT2D eigenvalue weighted by Gasteiger charge is -2.25. The lowest BCUT2D eigenvalue weighted by Crippen LogP contribution is -2.49. The van der Waals surface area contributed by atoms with Gasteiger partial charge in [-0.25, -0.2) is 0 Å². The number of hydrogen-bond donors (Lipinski definition) is 3. The Morgan fingerprint density at radius 1 is 1.22 bits per heavy atom. The topological polar surface area (TPSA) is 96.0 Å². The van der Waals surface area contributed by atoms with Gasteiger partial charge in [-0.1, -0.05) is 54.2 Å². The molecule has 2 aromatic rings. The molecule has 0 saturated carbocycles. The minimum Gasteiger partial charge on any atom is -0.349 e. The van der Waals surface area contributed by atoms with Crippen LogP contribution in [0.25, 0.3) is 0 Å². The molecule has 0 radical (unpaired) electrons. The molecule has 1 aromatic heterocycles. The molecule has 2 heterocycles. The molecule has 11 heteroatoms. The number of anilines is 1. The maximum Gasteiger partial charge on any atom is 0.445 e. The molecule has 0 unspecified atom stereocenters. The van der Waals surface area contributed by atoms with Crippen molar-refractivity contribution in [3.05, 3.63) is 53.1 Å². The monoisotopic (exact) mass is 467 g/mol. The van der Waals surface area contributed by atoms with Crippen LogP contribution in [0.3, 0.4) is 0 Å². The molecule has 1 fully saturated rings. The molecule has 2 atom stereocenters. The molecule has 32 heavy (non-hydrogen) atoms. The Kier molecular flexibility index (Phi) is 8.34. The Bertz CT molecular complexity index is 927. The third kappa shape index (κ3) is 7.41. The van der Waals surface area contributed by atoms with E-state index in [0.29, 0.717) is 12.8 Å². The Morgan fingerprint density at radius 3 is 2.66 bits per heavy atom. The summed E-state index contributed by atoms with van der Waals surface area (Å²) in [4.78, 5) is 24.8. The zero-order chi connectivity index (χ0) is 23.0. The predicted molar refractivity (Wildman–Crippen MR) is 115 cm³/mol. The van der Waals surface area contributed by atoms with Crippen molar-refractivity contribution >= 4 is 28.3 Å². The Morgan fingerprint density at radius 2 is 2.00 bits per heavy atom. The maximum absolute atomic E-state index is 12.6. The molecule has 0 bridgehead atoms. The Labute approximate surface area is 187 Å². The number of aryl methyl sites for hydroxylation is 1. The second-order valence-electron chi connectivity index (χ2n) is 7.40. The summed E-state index contributed by atoms with van der Waals surface area (Å²) in [6.07, 6.45) is 2.12. The summed E-state index contributed by atoms with van der Waals surface area (Å²) < 4.78 is 37.9. The number of carbonyl (C=O) groups excluding carboxylic acids is 2. The van der Waals surface area contributed by atoms with E-state index in [-0.39, 0.29) is 28.4 Å². The normalized spacial score (nSPS) is 17.8. The summed E-state index contributed by atoms with van der Waals surface area (Å²) in [6, 6.07) is 9.03. The van der Waals surface area contributed by atoms with Crippen molar-refractivity contribution < 1.29 is 22.8 Å². The molecular formula is C21H24F3N5O2S. The molecule has 1 aromatic carbocycles. The number of aromatic nitrogens is 2. The van der Waals surface area contributed by atoms with E-state index in [1.807, 2.05) is 30.3 Å². The van der Waals surface area contributed by atoms with E-state index in [4.69, 9.17) is 0 Å². The largest absolute Gasteiger partial charge is 0.445 e. The van der Waals surface area contributed by atoms with Crippen LogP contribution < -0.4 is 16.0 Å². The minimum atomic E-state index is -4.61. The van der Waals surface area contributed by atoms with Gasteiger partial charge in [-0.2, -0.15) is 13.2 Å². The van der Waals surface area contributed by atoms with E-state index in [9.17, 15) is 22.8 Å². The van der Waals surface area contributed by atoms with Crippen LogP contribution in [-0.4, -0.2) is 40.6 Å². The lowest BCUT2D eigenvalue weighted by atomic mass is 10.0. The molecule has 0 spiro atoms. The average molecular weight is 468 g/mol. The highest BCUT2D eigenvalue weighted by molar-refractivity contribution is 7.15. The first-order valence-electron chi connectivity index (χ1n) is 10.3. The van der Waals surface area contributed by atoms with E-state index in [1.165, 1.54) is 6.08 Å². The van der Waals surface area contributed by atoms with Crippen LogP contribution >= 0.6 is 11.3 Å². The zero-order valence-corrected chi connectivity index (χ0v) is 18.0. The van der Waals surface area contributed by atoms with Gasteiger partial charge in [-0.3, -0.25) is 14.9 Å². The predicted octanol–water partition coefficient (Wildman–Crippen LogP) is 3.31. The summed E-state index contributed by atoms with van der Waals surface area (Å²) in [6.45, 7) is 0.785. The van der Waals surface area contributed by atoms with Crippen molar-refractivity contribution in [3.63, 3.8) is 0 Å². The summed E-state index contributed by atoms with van der Waals surface area (Å²) >= 11 is 0.248. The number of alkyl halides is 3. The lowest BCUT2D eigenvalue weighted by molar-refractivity contribution is -0.138. The van der Waals surface area contributed by atoms with E-state index in [0.717, 1.165) is 31.4 Å². The van der Waals surface area contributed by atoms with Crippen LogP contribution in [0.5, 0.6) is 0 Å². The number of hydrogen-bond acceptors (Lipinski definition) is 6. The van der Waals surface area contributed by atoms with Crippen molar-refractivity contribution in [2.45, 2.75) is 50.4 Å². The molecule has 172 valence electrons. The number of halogens is 3. The first kappa shape index (κ1) is 23.9. The number of benzene rings is 1. The molecule has 3 N–H and O–H groups in total. The number of rotatable bonds is 8. The first-order chi connectivity index (χ1) is 15.3. The van der Waals surface area contributed by atoms with Crippen LogP contribution in [0.1, 0.15) is 36.3 Å². The van der Waals surface area contributed by atoms with E-state index < -0.39 is 23.1 Å². The first-order valence-corrected chi connectivity index (χ1v) is 11.1. The van der Waals surface area contributed by atoms with E-state index in [1.54, 1.807) is 6.08 Å². The number of carbonyl (C=O) groups is 2. The molecular weight excluding hydrogens is 443 g/mol. The molecule has 7 nitrogen and oxygen atoms in total. The molecule has 1 aliphatic rings. The van der Waals surface area contributed by atoms with Crippen molar-refractivity contribution in [2.24, 2.45) is 0 Å². The molecule has 3 rings (SSSR count). The highest BCUT2D eigenvalue weighted by Gasteiger charge is 2.35. The van der Waals surface area contributed by atoms with Gasteiger partial charge in [0.25, 0.3) is 0 Å². The van der Waals surface area contributed by atoms with Gasteiger partial charge in [0.2, 0.25) is 22.0 Å². The van der Waals surface area contributed by atoms with Crippen molar-refractivity contribution in [3.8, 4) is 0 Å². The number of nitrogens with one attached hydrogen (secondary N) is 3. The Balaban J connectivity index is 1.61. The summed E-state index contributed by atoms with van der Waals surface area (Å²) in [5, 5.41) is 13.4. The highest BCUT2D eigenvalue weighted by Crippen LogP contribution is 2.32. The number of nitrogens with zero attached hydrogens (tertiary/aromatic N) is 2. The third-order valence-electron chi connectivity index (χ3n) is 4.92. The Hall–Kier alpha value is -2.79. The van der Waals surface area contributed by atoms with Crippen LogP contribution in [0, 0.1) is 0 Å². The van der Waals surface area contributed by atoms with Gasteiger partial charge < -0.3 is 10.6 Å². The molecule has 2 amide bonds. The third-order valence-corrected chi connectivity index (χ3v) is 5.80. The summed E-state index contributed by atoms with van der Waals surface area (Å²) in [5.41, 5.74) is 1.09. The van der Waals surface area contributed by atoms with Gasteiger partial charge in [0.1, 0.15) is 0 Å². The van der Waals surface area contributed by atoms with Crippen LogP contribution in [0.2, 0.25) is 0 Å². The second-order valence-corrected chi connectivity index (χ2v) is 8.38. The molecule has 0 aliphatic carbocycles. The van der Waals surface area contributed by atoms with Crippen molar-refractivity contribution in [2.75, 3.05) is 11.9 Å². The van der Waals surface area contributed by atoms with Gasteiger partial charge in [0.15, 0.2) is 0 Å². The van der Waals surface area contributed by atoms with Gasteiger partial charge >= 0.3 is 6.18 Å². The second kappa shape index (κ2) is 11.2. The van der Waals surface area contributed by atoms with Gasteiger partial charge in [-0.05, 0) is 37.8 Å². The SMILES string of the molecule is O=C(/C=C/[C@H](CCc1ccccc1)NC(=O)[C@@H]1CCCCN1)Nc1nnc(C(F)(F)F)s1. The summed E-state index contributed by atoms with van der Waals surface area (Å²) in [5.74, 6) is -0.781. The van der Waals surface area contributed by atoms with Gasteiger partial charge in [-0.15, -0.1) is 10.2 Å². The smallest absolute Gasteiger partial charge is 0.349 e. The standard InChI is InChI=1S/C21H24F3N5O2S/c22-21(23,24)19-28-29-20(32-19)27-17(30)12-11-15(10-9-14-6-2-1-3-7-14)26-18(31)16-8-4-5-13-25-16/h1-3,6-7,11-12,15-16,25H,4-5,8-10,13H2,(H,26,31)(H,27,29,30)/b12-11+/t15-,16-/m0/s1. The number of piperidine rings is 1. The fraction of sp³-hybridized carbons (Fsp3) is 0.429. The molecule has 1 aliphatic heterocycles. The number of amides is 2. The summed E-state index contributed by atoms with van der Waals surface area (Å²) in [7, 11) is 0. The highest BCUT2D eigenvalue weighted by atomic mass is 32.1. The van der Waals surface area contributed by atoms with E-state index in [2.05, 4.69) is 26.1 Å². The van der Waals surface area contributed by atoms with Crippen molar-refractivity contribution in [1.29, 1.82) is 0 Å².